The average Bonchev–Trinajstić information content (AvgIpc) is 2.59. The highest BCUT2D eigenvalue weighted by molar-refractivity contribution is 5.76. The number of hydrogen-bond acceptors (Lipinski definition) is 4. The second-order valence-electron chi connectivity index (χ2n) is 8.15. The predicted octanol–water partition coefficient (Wildman–Crippen LogP) is 2.47. The van der Waals surface area contributed by atoms with Crippen molar-refractivity contribution in [1.82, 2.24) is 9.80 Å². The lowest BCUT2D eigenvalue weighted by atomic mass is 9.79. The molecular weight excluding hydrogens is 328 g/mol. The van der Waals surface area contributed by atoms with E-state index in [0.717, 1.165) is 45.5 Å². The Balaban J connectivity index is 1.37. The zero-order valence-corrected chi connectivity index (χ0v) is 16.4. The van der Waals surface area contributed by atoms with Gasteiger partial charge in [-0.05, 0) is 37.7 Å². The van der Waals surface area contributed by atoms with E-state index in [9.17, 15) is 4.79 Å². The fourth-order valence-electron chi connectivity index (χ4n) is 3.97. The molecule has 2 heterocycles. The van der Waals surface area contributed by atoms with E-state index in [1.54, 1.807) is 19.0 Å². The topological polar surface area (TPSA) is 42.0 Å². The van der Waals surface area contributed by atoms with Gasteiger partial charge in [0.2, 0.25) is 5.91 Å². The molecule has 1 atom stereocenters. The minimum Gasteiger partial charge on any atom is -0.372 e. The van der Waals surface area contributed by atoms with Crippen molar-refractivity contribution in [2.75, 3.05) is 47.0 Å². The standard InChI is InChI=1S/C21H32N2O3/c1-17-4-6-19(7-5-17)13-23-15-21(16-23)12-18(9-11-26-21)8-10-25-14-20(24)22(2)3/h4-7,18H,8-16H2,1-3H3/t18-/m1/s1. The quantitative estimate of drug-likeness (QED) is 0.701. The second kappa shape index (κ2) is 8.51. The lowest BCUT2D eigenvalue weighted by Gasteiger charge is -2.53. The third-order valence-corrected chi connectivity index (χ3v) is 5.54. The number of aryl methyl sites for hydroxylation is 1. The Labute approximate surface area is 157 Å². The Bertz CT molecular complexity index is 594. The van der Waals surface area contributed by atoms with Gasteiger partial charge in [-0.2, -0.15) is 0 Å². The van der Waals surface area contributed by atoms with Gasteiger partial charge < -0.3 is 14.4 Å². The SMILES string of the molecule is Cc1ccc(CN2CC3(C[C@H](CCOCC(=O)N(C)C)CCO3)C2)cc1. The Morgan fingerprint density at radius 2 is 2.04 bits per heavy atom. The molecule has 2 aliphatic rings. The van der Waals surface area contributed by atoms with Crippen LogP contribution in [0.15, 0.2) is 24.3 Å². The molecule has 1 amide bonds. The highest BCUT2D eigenvalue weighted by atomic mass is 16.5. The van der Waals surface area contributed by atoms with Crippen molar-refractivity contribution in [1.29, 1.82) is 0 Å². The smallest absolute Gasteiger partial charge is 0.248 e. The van der Waals surface area contributed by atoms with Crippen molar-refractivity contribution in [3.05, 3.63) is 35.4 Å². The molecule has 2 aliphatic heterocycles. The van der Waals surface area contributed by atoms with Crippen LogP contribution in [0, 0.1) is 12.8 Å². The van der Waals surface area contributed by atoms with Gasteiger partial charge in [0.25, 0.3) is 0 Å². The van der Waals surface area contributed by atoms with Gasteiger partial charge in [-0.15, -0.1) is 0 Å². The first-order valence-corrected chi connectivity index (χ1v) is 9.65. The first kappa shape index (κ1) is 19.3. The van der Waals surface area contributed by atoms with Gasteiger partial charge >= 0.3 is 0 Å². The summed E-state index contributed by atoms with van der Waals surface area (Å²) in [5.41, 5.74) is 2.73. The minimum absolute atomic E-state index is 0.0270. The number of ether oxygens (including phenoxy) is 2. The summed E-state index contributed by atoms with van der Waals surface area (Å²) in [6.45, 7) is 6.87. The Kier molecular flexibility index (Phi) is 6.33. The van der Waals surface area contributed by atoms with Crippen molar-refractivity contribution in [2.24, 2.45) is 5.92 Å². The number of likely N-dealkylation sites (tertiary alicyclic amines) is 1. The number of rotatable bonds is 7. The van der Waals surface area contributed by atoms with Crippen LogP contribution in [0.2, 0.25) is 0 Å². The van der Waals surface area contributed by atoms with Crippen molar-refractivity contribution < 1.29 is 14.3 Å². The summed E-state index contributed by atoms with van der Waals surface area (Å²) in [5.74, 6) is 0.666. The largest absolute Gasteiger partial charge is 0.372 e. The van der Waals surface area contributed by atoms with E-state index in [4.69, 9.17) is 9.47 Å². The van der Waals surface area contributed by atoms with Crippen LogP contribution < -0.4 is 0 Å². The molecule has 1 aromatic carbocycles. The number of carbonyl (C=O) groups is 1. The van der Waals surface area contributed by atoms with Crippen LogP contribution in [0.1, 0.15) is 30.4 Å². The maximum Gasteiger partial charge on any atom is 0.248 e. The Morgan fingerprint density at radius 3 is 2.73 bits per heavy atom. The molecule has 0 radical (unpaired) electrons. The molecule has 5 nitrogen and oxygen atoms in total. The predicted molar refractivity (Wildman–Crippen MR) is 102 cm³/mol. The molecular formula is C21H32N2O3. The molecule has 2 fully saturated rings. The molecule has 2 saturated heterocycles. The normalized spacial score (nSPS) is 22.2. The van der Waals surface area contributed by atoms with Crippen molar-refractivity contribution in [3.63, 3.8) is 0 Å². The maximum atomic E-state index is 11.5. The monoisotopic (exact) mass is 360 g/mol. The number of amides is 1. The molecule has 26 heavy (non-hydrogen) atoms. The van der Waals surface area contributed by atoms with Gasteiger partial charge in [-0.3, -0.25) is 9.69 Å². The molecule has 0 aliphatic carbocycles. The molecule has 0 saturated carbocycles. The second-order valence-corrected chi connectivity index (χ2v) is 8.15. The molecule has 0 unspecified atom stereocenters. The molecule has 144 valence electrons. The minimum atomic E-state index is 0.0270. The van der Waals surface area contributed by atoms with Gasteiger partial charge in [-0.25, -0.2) is 0 Å². The zero-order valence-electron chi connectivity index (χ0n) is 16.4. The molecule has 0 bridgehead atoms. The summed E-state index contributed by atoms with van der Waals surface area (Å²) in [4.78, 5) is 15.6. The van der Waals surface area contributed by atoms with Gasteiger partial charge in [0.1, 0.15) is 6.61 Å². The van der Waals surface area contributed by atoms with Crippen LogP contribution in [0.25, 0.3) is 0 Å². The first-order chi connectivity index (χ1) is 12.5. The van der Waals surface area contributed by atoms with Crippen molar-refractivity contribution in [3.8, 4) is 0 Å². The number of carbonyl (C=O) groups excluding carboxylic acids is 1. The molecule has 1 spiro atoms. The summed E-state index contributed by atoms with van der Waals surface area (Å²) >= 11 is 0. The van der Waals surface area contributed by atoms with E-state index in [-0.39, 0.29) is 18.1 Å². The number of likely N-dealkylation sites (N-methyl/N-ethyl adjacent to an activating group) is 1. The average molecular weight is 360 g/mol. The highest BCUT2D eigenvalue weighted by Crippen LogP contribution is 2.38. The Morgan fingerprint density at radius 1 is 1.31 bits per heavy atom. The summed E-state index contributed by atoms with van der Waals surface area (Å²) in [6, 6.07) is 8.80. The van der Waals surface area contributed by atoms with Gasteiger partial charge in [0, 0.05) is 46.9 Å². The fraction of sp³-hybridized carbons (Fsp3) is 0.667. The summed E-state index contributed by atoms with van der Waals surface area (Å²) in [5, 5.41) is 0. The van der Waals surface area contributed by atoms with E-state index in [2.05, 4.69) is 36.1 Å². The summed E-state index contributed by atoms with van der Waals surface area (Å²) < 4.78 is 11.7. The number of nitrogens with zero attached hydrogens (tertiary/aromatic N) is 2. The summed E-state index contributed by atoms with van der Waals surface area (Å²) in [6.07, 6.45) is 3.23. The molecule has 5 heteroatoms. The van der Waals surface area contributed by atoms with E-state index >= 15 is 0 Å². The van der Waals surface area contributed by atoms with E-state index < -0.39 is 0 Å². The van der Waals surface area contributed by atoms with Crippen molar-refractivity contribution >= 4 is 5.91 Å². The molecule has 0 N–H and O–H groups in total. The van der Waals surface area contributed by atoms with Crippen LogP contribution >= 0.6 is 0 Å². The van der Waals surface area contributed by atoms with Crippen LogP contribution in [-0.2, 0) is 20.8 Å². The fourth-order valence-corrected chi connectivity index (χ4v) is 3.97. The highest BCUT2D eigenvalue weighted by Gasteiger charge is 2.47. The molecule has 1 aromatic rings. The van der Waals surface area contributed by atoms with E-state index in [1.165, 1.54) is 11.1 Å². The third kappa shape index (κ3) is 5.06. The van der Waals surface area contributed by atoms with Crippen LogP contribution in [0.3, 0.4) is 0 Å². The molecule has 0 aromatic heterocycles. The number of benzene rings is 1. The van der Waals surface area contributed by atoms with Gasteiger partial charge in [0.05, 0.1) is 5.60 Å². The van der Waals surface area contributed by atoms with Gasteiger partial charge in [-0.1, -0.05) is 29.8 Å². The lowest BCUT2D eigenvalue weighted by molar-refractivity contribution is -0.182. The first-order valence-electron chi connectivity index (χ1n) is 9.65. The van der Waals surface area contributed by atoms with Crippen LogP contribution in [0.4, 0.5) is 0 Å². The third-order valence-electron chi connectivity index (χ3n) is 5.54. The maximum absolute atomic E-state index is 11.5. The molecule has 3 rings (SSSR count). The van der Waals surface area contributed by atoms with Crippen LogP contribution in [0.5, 0.6) is 0 Å². The van der Waals surface area contributed by atoms with Gasteiger partial charge in [0.15, 0.2) is 0 Å². The number of hydrogen-bond donors (Lipinski definition) is 0. The van der Waals surface area contributed by atoms with E-state index in [0.29, 0.717) is 12.5 Å². The lowest BCUT2D eigenvalue weighted by Crippen LogP contribution is -2.64. The van der Waals surface area contributed by atoms with E-state index in [1.807, 2.05) is 0 Å². The zero-order chi connectivity index (χ0) is 18.6. The Hall–Kier alpha value is -1.43. The summed E-state index contributed by atoms with van der Waals surface area (Å²) in [7, 11) is 3.51. The van der Waals surface area contributed by atoms with Crippen LogP contribution in [-0.4, -0.2) is 68.3 Å². The van der Waals surface area contributed by atoms with Crippen molar-refractivity contribution in [2.45, 2.75) is 38.3 Å².